The second kappa shape index (κ2) is 7.06. The predicted octanol–water partition coefficient (Wildman–Crippen LogP) is 2.81. The lowest BCUT2D eigenvalue weighted by Crippen LogP contribution is -2.43. The summed E-state index contributed by atoms with van der Waals surface area (Å²) in [6, 6.07) is -0.473. The number of amides is 3. The van der Waals surface area contributed by atoms with Crippen molar-refractivity contribution in [2.45, 2.75) is 51.1 Å². The van der Waals surface area contributed by atoms with Crippen molar-refractivity contribution in [3.63, 3.8) is 0 Å². The zero-order chi connectivity index (χ0) is 17.3. The number of imide groups is 1. The predicted molar refractivity (Wildman–Crippen MR) is 96.7 cm³/mol. The van der Waals surface area contributed by atoms with E-state index in [0.717, 1.165) is 28.1 Å². The number of hydrogen-bond donors (Lipinski definition) is 2. The topological polar surface area (TPSA) is 84.0 Å². The maximum absolute atomic E-state index is 12.0. The van der Waals surface area contributed by atoms with Crippen molar-refractivity contribution in [3.05, 3.63) is 16.3 Å². The van der Waals surface area contributed by atoms with E-state index in [9.17, 15) is 9.59 Å². The number of carbonyl (C=O) groups is 2. The third kappa shape index (κ3) is 3.70. The van der Waals surface area contributed by atoms with Crippen LogP contribution in [0.5, 0.6) is 0 Å². The van der Waals surface area contributed by atoms with Crippen LogP contribution in [0.1, 0.15) is 36.5 Å². The molecular weight excluding hydrogens is 344 g/mol. The van der Waals surface area contributed by atoms with E-state index in [1.54, 1.807) is 11.3 Å². The van der Waals surface area contributed by atoms with Crippen LogP contribution in [0.3, 0.4) is 0 Å². The van der Waals surface area contributed by atoms with Gasteiger partial charge < -0.3 is 5.32 Å². The number of hydrogen-bond acceptors (Lipinski definition) is 6. The van der Waals surface area contributed by atoms with E-state index in [2.05, 4.69) is 20.6 Å². The molecule has 0 unspecified atom stereocenters. The third-order valence-corrected chi connectivity index (χ3v) is 5.82. The maximum Gasteiger partial charge on any atom is 0.321 e. The minimum absolute atomic E-state index is 0.0111. The Morgan fingerprint density at radius 3 is 2.83 bits per heavy atom. The van der Waals surface area contributed by atoms with Gasteiger partial charge in [-0.1, -0.05) is 11.8 Å². The van der Waals surface area contributed by atoms with Crippen molar-refractivity contribution in [1.29, 1.82) is 0 Å². The van der Waals surface area contributed by atoms with Gasteiger partial charge in [0.25, 0.3) is 0 Å². The summed E-state index contributed by atoms with van der Waals surface area (Å²) in [5.41, 5.74) is 1.34. The molecule has 0 fully saturated rings. The second-order valence-electron chi connectivity index (χ2n) is 6.08. The lowest BCUT2D eigenvalue weighted by atomic mass is 10.2. The van der Waals surface area contributed by atoms with Crippen molar-refractivity contribution in [3.8, 4) is 0 Å². The summed E-state index contributed by atoms with van der Waals surface area (Å²) in [6.45, 7) is 5.55. The molecule has 0 bridgehead atoms. The van der Waals surface area contributed by atoms with E-state index in [0.29, 0.717) is 5.82 Å². The van der Waals surface area contributed by atoms with Crippen LogP contribution < -0.4 is 10.6 Å². The molecule has 8 heteroatoms. The fourth-order valence-corrected chi connectivity index (χ4v) is 5.04. The summed E-state index contributed by atoms with van der Waals surface area (Å²) < 4.78 is 0. The first-order chi connectivity index (χ1) is 11.4. The molecule has 0 spiro atoms. The van der Waals surface area contributed by atoms with Gasteiger partial charge in [-0.2, -0.15) is 0 Å². The molecule has 0 saturated heterocycles. The van der Waals surface area contributed by atoms with Gasteiger partial charge in [0.1, 0.15) is 15.7 Å². The van der Waals surface area contributed by atoms with Gasteiger partial charge in [-0.25, -0.2) is 14.8 Å². The largest absolute Gasteiger partial charge is 0.336 e. The van der Waals surface area contributed by atoms with Crippen LogP contribution >= 0.6 is 23.1 Å². The van der Waals surface area contributed by atoms with Crippen LogP contribution in [0.4, 0.5) is 4.79 Å². The molecular formula is C16H20N4O2S2. The summed E-state index contributed by atoms with van der Waals surface area (Å²) >= 11 is 3.10. The van der Waals surface area contributed by atoms with Crippen molar-refractivity contribution in [2.24, 2.45) is 0 Å². The molecule has 0 aromatic carbocycles. The lowest BCUT2D eigenvalue weighted by molar-refractivity contribution is -0.117. The monoisotopic (exact) mass is 364 g/mol. The van der Waals surface area contributed by atoms with E-state index in [-0.39, 0.29) is 17.7 Å². The van der Waals surface area contributed by atoms with Crippen LogP contribution in [-0.2, 0) is 17.6 Å². The Labute approximate surface area is 148 Å². The highest BCUT2D eigenvalue weighted by Crippen LogP contribution is 2.40. The molecule has 3 amide bonds. The fourth-order valence-electron chi connectivity index (χ4n) is 2.76. The summed E-state index contributed by atoms with van der Waals surface area (Å²) in [5, 5.41) is 6.92. The van der Waals surface area contributed by atoms with Crippen molar-refractivity contribution in [2.75, 3.05) is 5.75 Å². The average Bonchev–Trinajstić information content (AvgIpc) is 3.03. The van der Waals surface area contributed by atoms with Crippen molar-refractivity contribution < 1.29 is 9.59 Å². The normalized spacial score (nSPS) is 13.3. The van der Waals surface area contributed by atoms with Crippen LogP contribution in [0, 0.1) is 6.92 Å². The van der Waals surface area contributed by atoms with Crippen LogP contribution in [0.15, 0.2) is 5.03 Å². The van der Waals surface area contributed by atoms with Crippen molar-refractivity contribution in [1.82, 2.24) is 20.6 Å². The van der Waals surface area contributed by atoms with Gasteiger partial charge in [-0.15, -0.1) is 11.3 Å². The molecule has 3 rings (SSSR count). The first-order valence-electron chi connectivity index (χ1n) is 7.96. The number of rotatable bonds is 4. The Balaban J connectivity index is 1.73. The molecule has 24 heavy (non-hydrogen) atoms. The number of urea groups is 1. The molecule has 2 heterocycles. The summed E-state index contributed by atoms with van der Waals surface area (Å²) in [5.74, 6) is 0.541. The minimum atomic E-state index is -0.462. The number of nitrogens with one attached hydrogen (secondary N) is 2. The van der Waals surface area contributed by atoms with Gasteiger partial charge in [0, 0.05) is 16.3 Å². The van der Waals surface area contributed by atoms with E-state index in [1.807, 2.05) is 20.8 Å². The second-order valence-corrected chi connectivity index (χ2v) is 8.13. The number of thiophene rings is 1. The van der Waals surface area contributed by atoms with Crippen LogP contribution in [0.25, 0.3) is 10.2 Å². The van der Waals surface area contributed by atoms with Gasteiger partial charge >= 0.3 is 6.03 Å². The maximum atomic E-state index is 12.0. The molecule has 1 aliphatic rings. The fraction of sp³-hybridized carbons (Fsp3) is 0.500. The Morgan fingerprint density at radius 2 is 2.08 bits per heavy atom. The molecule has 0 radical (unpaired) electrons. The smallest absolute Gasteiger partial charge is 0.321 e. The lowest BCUT2D eigenvalue weighted by Gasteiger charge is -2.09. The van der Waals surface area contributed by atoms with Gasteiger partial charge in [0.15, 0.2) is 0 Å². The first kappa shape index (κ1) is 17.2. The van der Waals surface area contributed by atoms with Gasteiger partial charge in [-0.05, 0) is 45.6 Å². The molecule has 2 aromatic heterocycles. The molecule has 6 nitrogen and oxygen atoms in total. The van der Waals surface area contributed by atoms with Crippen molar-refractivity contribution >= 4 is 45.3 Å². The summed E-state index contributed by atoms with van der Waals surface area (Å²) in [7, 11) is 0. The Kier molecular flexibility index (Phi) is 5.05. The zero-order valence-electron chi connectivity index (χ0n) is 13.9. The number of thioether (sulfide) groups is 1. The molecule has 2 N–H and O–H groups in total. The highest BCUT2D eigenvalue weighted by atomic mass is 32.2. The van der Waals surface area contributed by atoms with E-state index < -0.39 is 6.03 Å². The van der Waals surface area contributed by atoms with Crippen LogP contribution in [0.2, 0.25) is 0 Å². The highest BCUT2D eigenvalue weighted by Gasteiger charge is 2.22. The summed E-state index contributed by atoms with van der Waals surface area (Å²) in [6.07, 6.45) is 3.33. The number of carbonyl (C=O) groups excluding carboxylic acids is 2. The van der Waals surface area contributed by atoms with Gasteiger partial charge in [-0.3, -0.25) is 10.1 Å². The van der Waals surface area contributed by atoms with E-state index in [1.165, 1.54) is 28.6 Å². The molecule has 0 aliphatic heterocycles. The highest BCUT2D eigenvalue weighted by molar-refractivity contribution is 8.00. The number of aromatic nitrogens is 2. The van der Waals surface area contributed by atoms with Gasteiger partial charge in [0.2, 0.25) is 5.91 Å². The SMILES string of the molecule is Cc1nc(SCC(=O)NC(=O)NC(C)C)c2c3c(sc2n1)CCC3. The van der Waals surface area contributed by atoms with Crippen LogP contribution in [-0.4, -0.2) is 33.7 Å². The minimum Gasteiger partial charge on any atom is -0.336 e. The molecule has 0 atom stereocenters. The average molecular weight is 364 g/mol. The Bertz CT molecular complexity index is 801. The molecule has 128 valence electrons. The molecule has 2 aromatic rings. The van der Waals surface area contributed by atoms with E-state index >= 15 is 0 Å². The third-order valence-electron chi connectivity index (χ3n) is 3.66. The number of nitrogens with zero attached hydrogens (tertiary/aromatic N) is 2. The number of aryl methyl sites for hydroxylation is 3. The Morgan fingerprint density at radius 1 is 1.29 bits per heavy atom. The van der Waals surface area contributed by atoms with E-state index in [4.69, 9.17) is 0 Å². The molecule has 1 aliphatic carbocycles. The summed E-state index contributed by atoms with van der Waals surface area (Å²) in [4.78, 5) is 35.0. The molecule has 0 saturated carbocycles. The first-order valence-corrected chi connectivity index (χ1v) is 9.76. The van der Waals surface area contributed by atoms with Gasteiger partial charge in [0.05, 0.1) is 5.75 Å². The standard InChI is InChI=1S/C16H20N4O2S2/c1-8(2)17-16(22)20-12(21)7-23-14-13-10-5-4-6-11(10)24-15(13)19-9(3)18-14/h8H,4-7H2,1-3H3,(H2,17,20,21,22). The number of fused-ring (bicyclic) bond motifs is 3. The Hall–Kier alpha value is -1.67. The zero-order valence-corrected chi connectivity index (χ0v) is 15.6. The quantitative estimate of drug-likeness (QED) is 0.644.